The topological polar surface area (TPSA) is 1220 Å². The summed E-state index contributed by atoms with van der Waals surface area (Å²) in [6.07, 6.45) is -70.0. The Morgan fingerprint density at radius 3 is 0.615 bits per heavy atom. The van der Waals surface area contributed by atoms with E-state index in [-0.39, 0.29) is 231 Å². The van der Waals surface area contributed by atoms with Crippen LogP contribution in [0.4, 0.5) is 0 Å². The summed E-state index contributed by atoms with van der Waals surface area (Å²) in [7, 11) is 0. The molecule has 31 unspecified atom stereocenters. The van der Waals surface area contributed by atoms with E-state index in [1.807, 2.05) is 27.7 Å². The van der Waals surface area contributed by atoms with Gasteiger partial charge in [-0.1, -0.05) is 27.7 Å². The Bertz CT molecular complexity index is 2220. The van der Waals surface area contributed by atoms with Crippen LogP contribution in [0.3, 0.4) is 0 Å². The van der Waals surface area contributed by atoms with Gasteiger partial charge in [0.25, 0.3) is 0 Å². The summed E-state index contributed by atoms with van der Waals surface area (Å²) in [5, 5.41) is 416. The van der Waals surface area contributed by atoms with Crippen molar-refractivity contribution in [1.29, 1.82) is 0 Å². The Morgan fingerprint density at radius 1 is 0.274 bits per heavy atom. The van der Waals surface area contributed by atoms with Crippen molar-refractivity contribution in [2.24, 2.45) is 0 Å². The van der Waals surface area contributed by atoms with Crippen molar-refractivity contribution in [2.45, 2.75) is 248 Å². The third-order valence-electron chi connectivity index (χ3n) is 12.5. The standard InChI is InChI=1S/C6H12O8.C6H10O8.2C6H14O7.C6H12O7.C6H10O7.2C6H12O6.2C2H6.3K.4H2O.2Pt/c2*7-1(3(9)5(11)12)2(8)4(10)6(13)14;4*7-1-2(8)3(9)4(10)5(11)6(12)13;7-1-2-3(8)4(9)5(10)6(11)12-2;7-1-3(9)5(11)6(12)4(10)2-8;2*1-2;;;;;;;;;/h1-5,7-12H,(H,13,14);1-4,7-10H,(H,11,12)(H,13,14);2*2-13H,1H2;2-5,7-11H,1H2,(H,12,13);1-5,8-11H,(H,12,13);2-11H,1H2;1,3-6,8-12H,2H2;2*1-2H3;;;;4*1H2;;/q;;;;;;;;;;3*+1;;;;;;/p-4/t;;;;;;2?,3-,4-,5?,6?;;;;;;;;;;;;/m......1............/s1. The Hall–Kier alpha value is 1.06. The fraction of sp³-hybridized carbons (Fsp3) is 0.865. The third-order valence-corrected chi connectivity index (χ3v) is 12.5. The van der Waals surface area contributed by atoms with Crippen LogP contribution >= 0.6 is 0 Å². The van der Waals surface area contributed by atoms with Gasteiger partial charge in [-0.2, -0.15) is 0 Å². The first kappa shape index (κ1) is 162. The summed E-state index contributed by atoms with van der Waals surface area (Å²) >= 11 is 0. The van der Waals surface area contributed by atoms with E-state index in [0.29, 0.717) is 0 Å². The first-order valence-electron chi connectivity index (χ1n) is 30.0. The van der Waals surface area contributed by atoms with Crippen molar-refractivity contribution in [3.63, 3.8) is 0 Å². The van der Waals surface area contributed by atoms with Crippen LogP contribution in [-0.4, -0.2) is 563 Å². The largest absolute Gasteiger partial charge is 1.00 e. The maximum atomic E-state index is 10.1. The number of aliphatic hydroxyl groups is 43. The molecule has 1 fully saturated rings. The van der Waals surface area contributed by atoms with Gasteiger partial charge in [0.1, 0.15) is 165 Å². The molecule has 0 aliphatic carbocycles. The summed E-state index contributed by atoms with van der Waals surface area (Å²) in [6.45, 7) is 4.25. The minimum Gasteiger partial charge on any atom is -0.870 e. The molecule has 0 aromatic heterocycles. The predicted molar refractivity (Wildman–Crippen MR) is 338 cm³/mol. The van der Waals surface area contributed by atoms with E-state index in [9.17, 15) is 33.6 Å². The van der Waals surface area contributed by atoms with Crippen LogP contribution in [0.1, 0.15) is 27.7 Å². The molecule has 65 heteroatoms. The average Bonchev–Trinajstić information content (AvgIpc) is 0.827. The van der Waals surface area contributed by atoms with Crippen LogP contribution < -0.4 is 154 Å². The second kappa shape index (κ2) is 90.4. The first-order chi connectivity index (χ1) is 49.3. The molecular formula is C52H112K3O60Pt2-. The van der Waals surface area contributed by atoms with Gasteiger partial charge in [0, 0.05) is 42.1 Å². The average molecular weight is 2200 g/mol. The second-order valence-corrected chi connectivity index (χ2v) is 20.5. The third kappa shape index (κ3) is 67.9. The number of carboxylic acid groups (broad SMARTS) is 5. The Labute approximate surface area is 815 Å². The number of carbonyl (C=O) groups is 7. The number of aliphatic carboxylic acids is 5. The number of hydrogen-bond acceptors (Lipinski definition) is 55. The smallest absolute Gasteiger partial charge is 0.870 e. The maximum absolute atomic E-state index is 10.1. The summed E-state index contributed by atoms with van der Waals surface area (Å²) in [5.41, 5.74) is 0. The number of hydrogen-bond donors (Lipinski definition) is 48. The van der Waals surface area contributed by atoms with Crippen LogP contribution in [0.5, 0.6) is 0 Å². The number of ether oxygens (including phenoxy) is 1. The second-order valence-electron chi connectivity index (χ2n) is 20.5. The van der Waals surface area contributed by atoms with E-state index in [1.54, 1.807) is 0 Å². The zero-order valence-electron chi connectivity index (χ0n) is 62.1. The molecule has 1 aliphatic rings. The number of aldehydes is 2. The molecule has 0 aromatic carbocycles. The van der Waals surface area contributed by atoms with Gasteiger partial charge in [0.05, 0.1) is 33.0 Å². The van der Waals surface area contributed by atoms with E-state index in [2.05, 4.69) is 4.74 Å². The molecule has 117 heavy (non-hydrogen) atoms. The molecule has 1 aliphatic heterocycles. The number of aliphatic hydroxyl groups excluding tert-OH is 40. The molecule has 1 heterocycles. The molecule has 704 valence electrons. The van der Waals surface area contributed by atoms with Crippen molar-refractivity contribution in [2.75, 3.05) is 33.0 Å². The fourth-order valence-electron chi connectivity index (χ4n) is 5.79. The van der Waals surface area contributed by atoms with Crippen LogP contribution in [0.25, 0.3) is 0 Å². The molecule has 0 spiro atoms. The van der Waals surface area contributed by atoms with Gasteiger partial charge in [-0.25, -0.2) is 24.0 Å². The number of carboxylic acids is 5. The number of rotatable bonds is 36. The van der Waals surface area contributed by atoms with E-state index < -0.39 is 283 Å². The van der Waals surface area contributed by atoms with Crippen LogP contribution in [-0.2, 0) is 80.4 Å². The van der Waals surface area contributed by atoms with Crippen molar-refractivity contribution in [1.82, 2.24) is 0 Å². The van der Waals surface area contributed by atoms with Crippen molar-refractivity contribution < 1.29 is 502 Å². The van der Waals surface area contributed by atoms with Gasteiger partial charge in [-0.3, -0.25) is 0 Å². The molecule has 60 nitrogen and oxygen atoms in total. The summed E-state index contributed by atoms with van der Waals surface area (Å²) in [6, 6.07) is 0. The molecule has 0 bridgehead atoms. The predicted octanol–water partition coefficient (Wildman–Crippen LogP) is -37.1. The van der Waals surface area contributed by atoms with Crippen molar-refractivity contribution in [3.8, 4) is 0 Å². The van der Waals surface area contributed by atoms with Crippen LogP contribution in [0, 0.1) is 0 Å². The van der Waals surface area contributed by atoms with Gasteiger partial charge in [0.2, 0.25) is 0 Å². The Morgan fingerprint density at radius 2 is 0.436 bits per heavy atom. The zero-order valence-corrected chi connectivity index (χ0v) is 76.0. The summed E-state index contributed by atoms with van der Waals surface area (Å²) in [4.78, 5) is 70.2. The van der Waals surface area contributed by atoms with Gasteiger partial charge in [-0.15, -0.1) is 0 Å². The zero-order chi connectivity index (χ0) is 88.3. The summed E-state index contributed by atoms with van der Waals surface area (Å²) in [5.74, 6) is -8.97. The molecule has 52 N–H and O–H groups in total. The monoisotopic (exact) mass is 2200 g/mol. The van der Waals surface area contributed by atoms with Gasteiger partial charge < -0.3 is 281 Å². The van der Waals surface area contributed by atoms with Crippen molar-refractivity contribution >= 4 is 42.4 Å². The minimum absolute atomic E-state index is 0. The van der Waals surface area contributed by atoms with E-state index in [4.69, 9.17) is 245 Å². The van der Waals surface area contributed by atoms with E-state index in [0.717, 1.165) is 0 Å². The Balaban J connectivity index is -0.0000000588. The molecule has 33 atom stereocenters. The van der Waals surface area contributed by atoms with Gasteiger partial charge >= 0.3 is 184 Å². The molecule has 0 saturated carbocycles. The van der Waals surface area contributed by atoms with Crippen LogP contribution in [0.15, 0.2) is 0 Å². The Kier molecular flexibility index (Phi) is 125. The van der Waals surface area contributed by atoms with Gasteiger partial charge in [0.15, 0.2) is 68.3 Å². The number of carbonyl (C=O) groups excluding carboxylic acids is 2. The molecular weight excluding hydrogens is 2090 g/mol. The minimum atomic E-state index is -2.36. The first-order valence-corrected chi connectivity index (χ1v) is 30.0. The van der Waals surface area contributed by atoms with E-state index in [1.165, 1.54) is 0 Å². The quantitative estimate of drug-likeness (QED) is 0.0157. The summed E-state index contributed by atoms with van der Waals surface area (Å²) < 4.78 is 4.58. The van der Waals surface area contributed by atoms with Crippen LogP contribution in [0.2, 0.25) is 0 Å². The van der Waals surface area contributed by atoms with Crippen molar-refractivity contribution in [3.05, 3.63) is 0 Å². The molecule has 0 amide bonds. The normalized spacial score (nSPS) is 21.3. The van der Waals surface area contributed by atoms with Gasteiger partial charge in [-0.05, 0) is 0 Å². The fourth-order valence-corrected chi connectivity index (χ4v) is 5.79. The molecule has 1 saturated heterocycles. The molecule has 1 rings (SSSR count). The molecule has 0 aromatic rings. The maximum Gasteiger partial charge on any atom is 1.00 e. The van der Waals surface area contributed by atoms with E-state index >= 15 is 0 Å². The molecule has 0 radical (unpaired) electrons. The SMILES string of the molecule is CC.CC.O=C(O)C(O)C(O)C(O)C(O)C(=O)O.O=C(O)C(O)C(O)C(O)C(O)C(O)O.O=C(O)C(O)C(O)C(O)C(O)CO.O=CC(O)C(O)C(O)C(O)C(=O)O.O=CC(O)C(O)C(O)C(O)CO.OCC(O)C(O)C(O)C(O)C(O)O.OCC(O)C(O)C(O)C(O)C(O)O.OCC1OC(O)C(O)[C@H](O)[C@@H]1O.[K+].[K+].[K+].[OH-].[OH-].[OH-].[OH-].[Pt].[Pt].